The predicted molar refractivity (Wildman–Crippen MR) is 78.0 cm³/mol. The molecule has 0 amide bonds. The Kier molecular flexibility index (Phi) is 10.9. The Morgan fingerprint density at radius 1 is 0.500 bits per heavy atom. The third kappa shape index (κ3) is 9.78. The van der Waals surface area contributed by atoms with E-state index in [1.165, 1.54) is 0 Å². The first-order valence-electron chi connectivity index (χ1n) is 6.60. The van der Waals surface area contributed by atoms with Crippen molar-refractivity contribution < 1.29 is 59.4 Å². The van der Waals surface area contributed by atoms with Gasteiger partial charge in [0.25, 0.3) is 0 Å². The Morgan fingerprint density at radius 2 is 0.692 bits per heavy atom. The van der Waals surface area contributed by atoms with E-state index in [1.807, 2.05) is 0 Å². The van der Waals surface area contributed by atoms with Crippen molar-refractivity contribution in [3.8, 4) is 0 Å². The van der Waals surface area contributed by atoms with Gasteiger partial charge in [-0.15, -0.1) is 0 Å². The molecule has 0 aliphatic heterocycles. The Bertz CT molecular complexity index is 497. The van der Waals surface area contributed by atoms with Crippen molar-refractivity contribution in [2.75, 3.05) is 0 Å². The summed E-state index contributed by atoms with van der Waals surface area (Å²) in [5.74, 6) is -12.8. The summed E-state index contributed by atoms with van der Waals surface area (Å²) in [6.45, 7) is 0. The van der Waals surface area contributed by atoms with Gasteiger partial charge in [0.15, 0.2) is 11.8 Å². The highest BCUT2D eigenvalue weighted by atomic mass is 16.4. The predicted octanol–water partition coefficient (Wildman–Crippen LogP) is -2.85. The molecule has 10 N–H and O–H groups in total. The largest absolute Gasteiger partial charge is 0.481 e. The summed E-state index contributed by atoms with van der Waals surface area (Å²) >= 11 is 0. The summed E-state index contributed by atoms with van der Waals surface area (Å²) in [5.41, 5.74) is 9.93. The Hall–Kier alpha value is -3.26. The summed E-state index contributed by atoms with van der Waals surface area (Å²) < 4.78 is 0. The lowest BCUT2D eigenvalue weighted by atomic mass is 10.0. The zero-order chi connectivity index (χ0) is 21.2. The van der Waals surface area contributed by atoms with E-state index in [4.69, 9.17) is 42.1 Å². The quantitative estimate of drug-likeness (QED) is 0.176. The van der Waals surface area contributed by atoms with Gasteiger partial charge >= 0.3 is 35.8 Å². The number of rotatable bonds is 10. The summed E-state index contributed by atoms with van der Waals surface area (Å²) in [5, 5.41) is 49.9. The van der Waals surface area contributed by atoms with Crippen LogP contribution in [-0.2, 0) is 28.8 Å². The maximum Gasteiger partial charge on any atom is 0.320 e. The molecule has 26 heavy (non-hydrogen) atoms. The van der Waals surface area contributed by atoms with Gasteiger partial charge in [-0.2, -0.15) is 0 Å². The average molecular weight is 382 g/mol. The topological polar surface area (TPSA) is 276 Å². The molecule has 0 saturated carbocycles. The Labute approximate surface area is 144 Å². The minimum absolute atomic E-state index is 0.625. The van der Waals surface area contributed by atoms with Crippen LogP contribution in [0.5, 0.6) is 0 Å². The molecule has 0 aromatic heterocycles. The van der Waals surface area contributed by atoms with E-state index in [-0.39, 0.29) is 0 Å². The van der Waals surface area contributed by atoms with Crippen molar-refractivity contribution in [3.05, 3.63) is 0 Å². The number of carbonyl (C=O) groups is 6. The van der Waals surface area contributed by atoms with E-state index in [0.29, 0.717) is 0 Å². The van der Waals surface area contributed by atoms with Crippen LogP contribution in [0.15, 0.2) is 0 Å². The van der Waals surface area contributed by atoms with E-state index in [9.17, 15) is 28.8 Å². The van der Waals surface area contributed by atoms with Crippen molar-refractivity contribution in [1.82, 2.24) is 0 Å². The second kappa shape index (κ2) is 11.3. The SMILES string of the molecule is NC(CC(C(=O)O)C(=O)O)C(=O)O.NC(CC(C(=O)O)C(=O)O)C(=O)O. The first-order chi connectivity index (χ1) is 11.7. The van der Waals surface area contributed by atoms with Crippen molar-refractivity contribution in [1.29, 1.82) is 0 Å². The summed E-state index contributed by atoms with van der Waals surface area (Å²) in [6.07, 6.45) is -1.25. The minimum Gasteiger partial charge on any atom is -0.481 e. The lowest BCUT2D eigenvalue weighted by molar-refractivity contribution is -0.157. The second-order valence-electron chi connectivity index (χ2n) is 4.82. The number of hydrogen-bond acceptors (Lipinski definition) is 8. The van der Waals surface area contributed by atoms with E-state index in [1.54, 1.807) is 0 Å². The van der Waals surface area contributed by atoms with Crippen LogP contribution in [-0.4, -0.2) is 78.5 Å². The van der Waals surface area contributed by atoms with Gasteiger partial charge in [-0.1, -0.05) is 0 Å². The average Bonchev–Trinajstić information content (AvgIpc) is 2.48. The van der Waals surface area contributed by atoms with Crippen LogP contribution in [0.25, 0.3) is 0 Å². The monoisotopic (exact) mass is 382 g/mol. The van der Waals surface area contributed by atoms with Crippen molar-refractivity contribution >= 4 is 35.8 Å². The molecule has 0 aromatic carbocycles. The number of hydrogen-bond donors (Lipinski definition) is 8. The molecule has 14 heteroatoms. The maximum absolute atomic E-state index is 10.3. The highest BCUT2D eigenvalue weighted by Gasteiger charge is 2.31. The zero-order valence-corrected chi connectivity index (χ0v) is 13.0. The Balaban J connectivity index is 0. The van der Waals surface area contributed by atoms with E-state index < -0.39 is 72.6 Å². The van der Waals surface area contributed by atoms with Crippen LogP contribution >= 0.6 is 0 Å². The van der Waals surface area contributed by atoms with Gasteiger partial charge in [-0.25, -0.2) is 0 Å². The first-order valence-corrected chi connectivity index (χ1v) is 6.60. The number of aliphatic carboxylic acids is 6. The molecule has 0 aliphatic rings. The third-order valence-electron chi connectivity index (χ3n) is 2.81. The number of carboxylic acid groups (broad SMARTS) is 6. The van der Waals surface area contributed by atoms with E-state index in [0.717, 1.165) is 0 Å². The van der Waals surface area contributed by atoms with Crippen molar-refractivity contribution in [2.24, 2.45) is 23.3 Å². The van der Waals surface area contributed by atoms with E-state index in [2.05, 4.69) is 0 Å². The van der Waals surface area contributed by atoms with Crippen LogP contribution in [0.3, 0.4) is 0 Å². The molecular weight excluding hydrogens is 364 g/mol. The fraction of sp³-hybridized carbons (Fsp3) is 0.500. The van der Waals surface area contributed by atoms with Gasteiger partial charge in [-0.3, -0.25) is 28.8 Å². The molecule has 0 aliphatic carbocycles. The van der Waals surface area contributed by atoms with Gasteiger partial charge in [0.1, 0.15) is 12.1 Å². The van der Waals surface area contributed by atoms with Gasteiger partial charge in [0.2, 0.25) is 0 Å². The van der Waals surface area contributed by atoms with Gasteiger partial charge < -0.3 is 42.1 Å². The fourth-order valence-electron chi connectivity index (χ4n) is 1.32. The molecule has 0 saturated heterocycles. The van der Waals surface area contributed by atoms with Crippen LogP contribution < -0.4 is 11.5 Å². The molecular formula is C12H18N2O12. The fourth-order valence-corrected chi connectivity index (χ4v) is 1.32. The molecule has 2 atom stereocenters. The number of nitrogens with two attached hydrogens (primary N) is 2. The molecule has 0 rings (SSSR count). The maximum atomic E-state index is 10.3. The molecule has 0 fully saturated rings. The smallest absolute Gasteiger partial charge is 0.320 e. The molecule has 0 spiro atoms. The summed E-state index contributed by atoms with van der Waals surface area (Å²) in [4.78, 5) is 61.4. The highest BCUT2D eigenvalue weighted by molar-refractivity contribution is 5.94. The lowest BCUT2D eigenvalue weighted by Crippen LogP contribution is -2.37. The second-order valence-corrected chi connectivity index (χ2v) is 4.82. The molecule has 0 bridgehead atoms. The normalized spacial score (nSPS) is 12.5. The number of carboxylic acids is 6. The van der Waals surface area contributed by atoms with Crippen LogP contribution in [0, 0.1) is 11.8 Å². The molecule has 0 radical (unpaired) electrons. The van der Waals surface area contributed by atoms with Crippen LogP contribution in [0.4, 0.5) is 0 Å². The molecule has 14 nitrogen and oxygen atoms in total. The molecule has 0 aromatic rings. The summed E-state index contributed by atoms with van der Waals surface area (Å²) in [6, 6.07) is -2.95. The van der Waals surface area contributed by atoms with Crippen LogP contribution in [0.1, 0.15) is 12.8 Å². The molecule has 2 unspecified atom stereocenters. The van der Waals surface area contributed by atoms with Crippen molar-refractivity contribution in [3.63, 3.8) is 0 Å². The van der Waals surface area contributed by atoms with Crippen LogP contribution in [0.2, 0.25) is 0 Å². The van der Waals surface area contributed by atoms with Gasteiger partial charge in [0, 0.05) is 0 Å². The Morgan fingerprint density at radius 3 is 0.808 bits per heavy atom. The van der Waals surface area contributed by atoms with Gasteiger partial charge in [-0.05, 0) is 12.8 Å². The lowest BCUT2D eigenvalue weighted by Gasteiger charge is -2.09. The molecule has 0 heterocycles. The third-order valence-corrected chi connectivity index (χ3v) is 2.81. The van der Waals surface area contributed by atoms with Crippen molar-refractivity contribution in [2.45, 2.75) is 24.9 Å². The first kappa shape index (κ1) is 25.0. The molecule has 148 valence electrons. The summed E-state index contributed by atoms with van der Waals surface area (Å²) in [7, 11) is 0. The zero-order valence-electron chi connectivity index (χ0n) is 13.0. The van der Waals surface area contributed by atoms with E-state index >= 15 is 0 Å². The standard InChI is InChI=1S/2C6H9NO6/c2*7-3(6(12)13)1-2(4(8)9)5(10)11/h2*2-3H,1,7H2,(H,8,9)(H,10,11)(H,12,13). The highest BCUT2D eigenvalue weighted by Crippen LogP contribution is 2.07. The minimum atomic E-state index is -1.77. The van der Waals surface area contributed by atoms with Gasteiger partial charge in [0.05, 0.1) is 0 Å².